The largest absolute Gasteiger partial charge is 0.497 e. The molecular weight excluding hydrogens is 380 g/mol. The molecule has 0 bridgehead atoms. The predicted octanol–water partition coefficient (Wildman–Crippen LogP) is 2.42. The summed E-state index contributed by atoms with van der Waals surface area (Å²) in [5.74, 6) is 0.578. The molecule has 1 amide bonds. The highest BCUT2D eigenvalue weighted by atomic mass is 32.2. The van der Waals surface area contributed by atoms with Gasteiger partial charge in [-0.1, -0.05) is 12.1 Å². The lowest BCUT2D eigenvalue weighted by Gasteiger charge is -2.18. The van der Waals surface area contributed by atoms with Gasteiger partial charge >= 0.3 is 0 Å². The van der Waals surface area contributed by atoms with E-state index in [0.29, 0.717) is 25.4 Å². The van der Waals surface area contributed by atoms with E-state index >= 15 is 0 Å². The second-order valence-electron chi connectivity index (χ2n) is 6.51. The SMILES string of the molecule is COc1cccc(CNC(=O)c2ccc(OC)c(S(=O)(=O)N3CCCC3)c2)c1. The summed E-state index contributed by atoms with van der Waals surface area (Å²) in [5.41, 5.74) is 1.15. The van der Waals surface area contributed by atoms with Crippen LogP contribution in [0.15, 0.2) is 47.4 Å². The van der Waals surface area contributed by atoms with Crippen molar-refractivity contribution < 1.29 is 22.7 Å². The van der Waals surface area contributed by atoms with Gasteiger partial charge < -0.3 is 14.8 Å². The maximum absolute atomic E-state index is 12.9. The second kappa shape index (κ2) is 8.62. The summed E-state index contributed by atoms with van der Waals surface area (Å²) in [5, 5.41) is 2.81. The summed E-state index contributed by atoms with van der Waals surface area (Å²) in [4.78, 5) is 12.6. The van der Waals surface area contributed by atoms with Crippen LogP contribution in [0.4, 0.5) is 0 Å². The molecule has 0 spiro atoms. The van der Waals surface area contributed by atoms with Crippen LogP contribution in [0.1, 0.15) is 28.8 Å². The lowest BCUT2D eigenvalue weighted by Crippen LogP contribution is -2.29. The number of benzene rings is 2. The number of ether oxygens (including phenoxy) is 2. The van der Waals surface area contributed by atoms with E-state index in [1.807, 2.05) is 24.3 Å². The van der Waals surface area contributed by atoms with Gasteiger partial charge in [-0.3, -0.25) is 4.79 Å². The Morgan fingerprint density at radius 2 is 1.82 bits per heavy atom. The lowest BCUT2D eigenvalue weighted by molar-refractivity contribution is 0.0950. The third kappa shape index (κ3) is 4.28. The van der Waals surface area contributed by atoms with E-state index in [1.165, 1.54) is 23.5 Å². The van der Waals surface area contributed by atoms with Crippen molar-refractivity contribution in [3.8, 4) is 11.5 Å². The molecule has 1 N–H and O–H groups in total. The van der Waals surface area contributed by atoms with Gasteiger partial charge in [-0.25, -0.2) is 8.42 Å². The van der Waals surface area contributed by atoms with E-state index < -0.39 is 10.0 Å². The number of nitrogens with one attached hydrogen (secondary N) is 1. The molecule has 1 heterocycles. The van der Waals surface area contributed by atoms with Crippen molar-refractivity contribution in [3.63, 3.8) is 0 Å². The van der Waals surface area contributed by atoms with Gasteiger partial charge in [0.15, 0.2) is 0 Å². The molecule has 28 heavy (non-hydrogen) atoms. The highest BCUT2D eigenvalue weighted by molar-refractivity contribution is 7.89. The van der Waals surface area contributed by atoms with Crippen LogP contribution in [0.2, 0.25) is 0 Å². The summed E-state index contributed by atoms with van der Waals surface area (Å²) in [6.07, 6.45) is 1.67. The summed E-state index contributed by atoms with van der Waals surface area (Å²) >= 11 is 0. The van der Waals surface area contributed by atoms with Crippen LogP contribution in [-0.4, -0.2) is 45.9 Å². The molecule has 0 atom stereocenters. The predicted molar refractivity (Wildman–Crippen MR) is 105 cm³/mol. The standard InChI is InChI=1S/C20H24N2O5S/c1-26-17-7-5-6-15(12-17)14-21-20(23)16-8-9-18(27-2)19(13-16)28(24,25)22-10-3-4-11-22/h5-9,12-13H,3-4,10-11,14H2,1-2H3,(H,21,23). The van der Waals surface area contributed by atoms with Gasteiger partial charge in [-0.2, -0.15) is 4.31 Å². The third-order valence-electron chi connectivity index (χ3n) is 4.70. The normalized spacial score (nSPS) is 14.6. The summed E-state index contributed by atoms with van der Waals surface area (Å²) < 4.78 is 37.7. The van der Waals surface area contributed by atoms with Gasteiger partial charge in [0.2, 0.25) is 10.0 Å². The first-order valence-electron chi connectivity index (χ1n) is 9.05. The van der Waals surface area contributed by atoms with Crippen LogP contribution in [0.25, 0.3) is 0 Å². The monoisotopic (exact) mass is 404 g/mol. The molecule has 0 saturated carbocycles. The molecule has 1 saturated heterocycles. The van der Waals surface area contributed by atoms with E-state index in [-0.39, 0.29) is 22.1 Å². The van der Waals surface area contributed by atoms with Crippen molar-refractivity contribution in [1.82, 2.24) is 9.62 Å². The van der Waals surface area contributed by atoms with Crippen molar-refractivity contribution in [2.24, 2.45) is 0 Å². The molecule has 1 aliphatic heterocycles. The Morgan fingerprint density at radius 3 is 2.50 bits per heavy atom. The molecule has 0 aromatic heterocycles. The Bertz CT molecular complexity index is 953. The first kappa shape index (κ1) is 20.2. The number of methoxy groups -OCH3 is 2. The zero-order valence-corrected chi connectivity index (χ0v) is 16.8. The molecule has 1 aliphatic rings. The summed E-state index contributed by atoms with van der Waals surface area (Å²) in [7, 11) is -0.704. The van der Waals surface area contributed by atoms with Crippen LogP contribution in [0.5, 0.6) is 11.5 Å². The van der Waals surface area contributed by atoms with E-state index in [4.69, 9.17) is 9.47 Å². The quantitative estimate of drug-likeness (QED) is 0.766. The number of hydrogen-bond acceptors (Lipinski definition) is 5. The molecule has 2 aromatic rings. The van der Waals surface area contributed by atoms with Gasteiger partial charge in [0, 0.05) is 25.2 Å². The Balaban J connectivity index is 1.81. The Hall–Kier alpha value is -2.58. The number of hydrogen-bond donors (Lipinski definition) is 1. The van der Waals surface area contributed by atoms with Crippen LogP contribution in [0.3, 0.4) is 0 Å². The first-order valence-corrected chi connectivity index (χ1v) is 10.5. The lowest BCUT2D eigenvalue weighted by atomic mass is 10.2. The van der Waals surface area contributed by atoms with Crippen molar-refractivity contribution in [1.29, 1.82) is 0 Å². The molecule has 7 nitrogen and oxygen atoms in total. The van der Waals surface area contributed by atoms with Gasteiger partial charge in [0.05, 0.1) is 14.2 Å². The van der Waals surface area contributed by atoms with Crippen molar-refractivity contribution in [2.45, 2.75) is 24.3 Å². The van der Waals surface area contributed by atoms with Crippen LogP contribution >= 0.6 is 0 Å². The van der Waals surface area contributed by atoms with Crippen LogP contribution in [-0.2, 0) is 16.6 Å². The minimum Gasteiger partial charge on any atom is -0.497 e. The highest BCUT2D eigenvalue weighted by Gasteiger charge is 2.30. The second-order valence-corrected chi connectivity index (χ2v) is 8.42. The van der Waals surface area contributed by atoms with E-state index in [9.17, 15) is 13.2 Å². The van der Waals surface area contributed by atoms with Crippen molar-refractivity contribution in [2.75, 3.05) is 27.3 Å². The third-order valence-corrected chi connectivity index (χ3v) is 6.62. The maximum atomic E-state index is 12.9. The number of rotatable bonds is 7. The fourth-order valence-electron chi connectivity index (χ4n) is 3.15. The molecule has 3 rings (SSSR count). The average molecular weight is 404 g/mol. The van der Waals surface area contributed by atoms with Crippen molar-refractivity contribution in [3.05, 3.63) is 53.6 Å². The summed E-state index contributed by atoms with van der Waals surface area (Å²) in [6, 6.07) is 11.8. The van der Waals surface area contributed by atoms with Crippen molar-refractivity contribution >= 4 is 15.9 Å². The number of sulfonamides is 1. The zero-order chi connectivity index (χ0) is 20.1. The minimum absolute atomic E-state index is 0.0194. The summed E-state index contributed by atoms with van der Waals surface area (Å²) in [6.45, 7) is 1.27. The Kier molecular flexibility index (Phi) is 6.21. The van der Waals surface area contributed by atoms with Gasteiger partial charge in [-0.15, -0.1) is 0 Å². The number of carbonyl (C=O) groups excluding carboxylic acids is 1. The number of carbonyl (C=O) groups is 1. The topological polar surface area (TPSA) is 84.9 Å². The molecule has 150 valence electrons. The smallest absolute Gasteiger partial charge is 0.251 e. The fraction of sp³-hybridized carbons (Fsp3) is 0.350. The van der Waals surface area contributed by atoms with E-state index in [1.54, 1.807) is 13.2 Å². The van der Waals surface area contributed by atoms with Crippen LogP contribution < -0.4 is 14.8 Å². The van der Waals surface area contributed by atoms with Gasteiger partial charge in [0.1, 0.15) is 16.4 Å². The molecule has 2 aromatic carbocycles. The Morgan fingerprint density at radius 1 is 1.07 bits per heavy atom. The molecule has 0 unspecified atom stereocenters. The van der Waals surface area contributed by atoms with Gasteiger partial charge in [-0.05, 0) is 48.7 Å². The Labute approximate surface area is 165 Å². The highest BCUT2D eigenvalue weighted by Crippen LogP contribution is 2.29. The average Bonchev–Trinajstić information content (AvgIpc) is 3.27. The van der Waals surface area contributed by atoms with E-state index in [0.717, 1.165) is 18.4 Å². The number of amides is 1. The molecule has 8 heteroatoms. The van der Waals surface area contributed by atoms with Gasteiger partial charge in [0.25, 0.3) is 5.91 Å². The zero-order valence-electron chi connectivity index (χ0n) is 16.0. The minimum atomic E-state index is -3.70. The maximum Gasteiger partial charge on any atom is 0.251 e. The first-order chi connectivity index (χ1) is 13.5. The molecule has 1 fully saturated rings. The van der Waals surface area contributed by atoms with E-state index in [2.05, 4.69) is 5.32 Å². The fourth-order valence-corrected chi connectivity index (χ4v) is 4.85. The molecule has 0 aliphatic carbocycles. The molecule has 0 radical (unpaired) electrons. The number of nitrogens with zero attached hydrogens (tertiary/aromatic N) is 1. The molecular formula is C20H24N2O5S. The van der Waals surface area contributed by atoms with Crippen LogP contribution in [0, 0.1) is 0 Å².